The third-order valence-electron chi connectivity index (χ3n) is 3.72. The first kappa shape index (κ1) is 15.2. The van der Waals surface area contributed by atoms with Crippen molar-refractivity contribution in [2.75, 3.05) is 6.54 Å². The highest BCUT2D eigenvalue weighted by Crippen LogP contribution is 2.22. The zero-order chi connectivity index (χ0) is 15.1. The lowest BCUT2D eigenvalue weighted by Crippen LogP contribution is -2.30. The van der Waals surface area contributed by atoms with Crippen LogP contribution < -0.4 is 5.32 Å². The number of pyridine rings is 1. The van der Waals surface area contributed by atoms with Gasteiger partial charge < -0.3 is 10.4 Å². The van der Waals surface area contributed by atoms with Gasteiger partial charge in [-0.1, -0.05) is 19.3 Å². The molecule has 0 saturated heterocycles. The van der Waals surface area contributed by atoms with Gasteiger partial charge in [-0.3, -0.25) is 9.78 Å². The Bertz CT molecular complexity index is 534. The molecule has 0 atom stereocenters. The first-order valence-electron chi connectivity index (χ1n) is 7.29. The zero-order valence-corrected chi connectivity index (χ0v) is 11.9. The summed E-state index contributed by atoms with van der Waals surface area (Å²) < 4.78 is 0. The lowest BCUT2D eigenvalue weighted by atomic mass is 9.89. The summed E-state index contributed by atoms with van der Waals surface area (Å²) in [5, 5.41) is 11.5. The molecule has 0 radical (unpaired) electrons. The highest BCUT2D eigenvalue weighted by molar-refractivity contribution is 5.94. The molecular weight excluding hydrogens is 268 g/mol. The molecule has 112 valence electrons. The van der Waals surface area contributed by atoms with E-state index in [1.807, 2.05) is 0 Å². The number of nitrogens with one attached hydrogen (secondary N) is 1. The van der Waals surface area contributed by atoms with Crippen LogP contribution in [0.1, 0.15) is 48.0 Å². The van der Waals surface area contributed by atoms with Crippen LogP contribution >= 0.6 is 0 Å². The molecule has 1 aromatic rings. The Kier molecular flexibility index (Phi) is 5.49. The van der Waals surface area contributed by atoms with Gasteiger partial charge >= 0.3 is 5.97 Å². The normalized spacial score (nSPS) is 16.0. The summed E-state index contributed by atoms with van der Waals surface area (Å²) in [6.07, 6.45) is 11.6. The standard InChI is InChI=1S/C16H20N2O3/c19-15(20)7-6-13-8-14(11-17-9-13)16(21)18-10-12-4-2-1-3-5-12/h6-9,11-12H,1-5,10H2,(H,18,21)(H,19,20). The second-order valence-corrected chi connectivity index (χ2v) is 5.39. The van der Waals surface area contributed by atoms with E-state index >= 15 is 0 Å². The van der Waals surface area contributed by atoms with Crippen LogP contribution in [-0.4, -0.2) is 28.5 Å². The number of amides is 1. The van der Waals surface area contributed by atoms with Crippen LogP contribution in [0.2, 0.25) is 0 Å². The van der Waals surface area contributed by atoms with Crippen molar-refractivity contribution in [2.24, 2.45) is 5.92 Å². The maximum Gasteiger partial charge on any atom is 0.328 e. The van der Waals surface area contributed by atoms with E-state index in [-0.39, 0.29) is 5.91 Å². The van der Waals surface area contributed by atoms with Gasteiger partial charge in [0, 0.05) is 25.0 Å². The van der Waals surface area contributed by atoms with E-state index in [4.69, 9.17) is 5.11 Å². The van der Waals surface area contributed by atoms with E-state index in [9.17, 15) is 9.59 Å². The van der Waals surface area contributed by atoms with E-state index in [2.05, 4.69) is 10.3 Å². The number of carboxylic acid groups (broad SMARTS) is 1. The summed E-state index contributed by atoms with van der Waals surface area (Å²) in [4.78, 5) is 26.5. The molecule has 2 rings (SSSR count). The average molecular weight is 288 g/mol. The lowest BCUT2D eigenvalue weighted by Gasteiger charge is -2.21. The summed E-state index contributed by atoms with van der Waals surface area (Å²) >= 11 is 0. The van der Waals surface area contributed by atoms with E-state index in [1.54, 1.807) is 6.07 Å². The molecule has 1 saturated carbocycles. The minimum atomic E-state index is -1.03. The van der Waals surface area contributed by atoms with Gasteiger partial charge in [0.25, 0.3) is 5.91 Å². The van der Waals surface area contributed by atoms with Gasteiger partial charge in [-0.2, -0.15) is 0 Å². The Morgan fingerprint density at radius 2 is 2.05 bits per heavy atom. The molecule has 0 aliphatic heterocycles. The molecule has 1 aromatic heterocycles. The molecule has 5 nitrogen and oxygen atoms in total. The molecule has 21 heavy (non-hydrogen) atoms. The number of carboxylic acids is 1. The third kappa shape index (κ3) is 5.02. The van der Waals surface area contributed by atoms with Crippen molar-refractivity contribution in [2.45, 2.75) is 32.1 Å². The molecule has 0 spiro atoms. The molecule has 2 N–H and O–H groups in total. The Hall–Kier alpha value is -2.17. The van der Waals surface area contributed by atoms with E-state index in [0.29, 0.717) is 23.6 Å². The maximum absolute atomic E-state index is 12.1. The van der Waals surface area contributed by atoms with Crippen molar-refractivity contribution in [3.63, 3.8) is 0 Å². The number of carbonyl (C=O) groups excluding carboxylic acids is 1. The van der Waals surface area contributed by atoms with E-state index in [0.717, 1.165) is 6.08 Å². The molecular formula is C16H20N2O3. The zero-order valence-electron chi connectivity index (χ0n) is 11.9. The number of carbonyl (C=O) groups is 2. The number of aromatic nitrogens is 1. The van der Waals surface area contributed by atoms with Gasteiger partial charge in [-0.05, 0) is 36.5 Å². The smallest absolute Gasteiger partial charge is 0.328 e. The average Bonchev–Trinajstić information content (AvgIpc) is 2.52. The van der Waals surface area contributed by atoms with Crippen LogP contribution in [0.25, 0.3) is 6.08 Å². The quantitative estimate of drug-likeness (QED) is 0.816. The number of rotatable bonds is 5. The molecule has 1 amide bonds. The second kappa shape index (κ2) is 7.57. The van der Waals surface area contributed by atoms with Gasteiger partial charge in [-0.25, -0.2) is 4.79 Å². The van der Waals surface area contributed by atoms with Crippen molar-refractivity contribution in [3.05, 3.63) is 35.7 Å². The monoisotopic (exact) mass is 288 g/mol. The first-order valence-corrected chi connectivity index (χ1v) is 7.29. The molecule has 1 aliphatic rings. The molecule has 5 heteroatoms. The van der Waals surface area contributed by atoms with Gasteiger partial charge in [0.2, 0.25) is 0 Å². The Morgan fingerprint density at radius 3 is 2.76 bits per heavy atom. The van der Waals surface area contributed by atoms with E-state index < -0.39 is 5.97 Å². The predicted octanol–water partition coefficient (Wildman–Crippen LogP) is 2.49. The fraction of sp³-hybridized carbons (Fsp3) is 0.438. The van der Waals surface area contributed by atoms with Crippen molar-refractivity contribution < 1.29 is 14.7 Å². The van der Waals surface area contributed by atoms with Crippen LogP contribution in [0.4, 0.5) is 0 Å². The van der Waals surface area contributed by atoms with Crippen molar-refractivity contribution in [1.29, 1.82) is 0 Å². The lowest BCUT2D eigenvalue weighted by molar-refractivity contribution is -0.131. The SMILES string of the molecule is O=C(O)C=Cc1cncc(C(=O)NCC2CCCCC2)c1. The maximum atomic E-state index is 12.1. The van der Waals surface area contributed by atoms with Crippen LogP contribution in [-0.2, 0) is 4.79 Å². The van der Waals surface area contributed by atoms with Gasteiger partial charge in [0.15, 0.2) is 0 Å². The summed E-state index contributed by atoms with van der Waals surface area (Å²) in [6.45, 7) is 0.702. The molecule has 1 fully saturated rings. The van der Waals surface area contributed by atoms with Gasteiger partial charge in [-0.15, -0.1) is 0 Å². The largest absolute Gasteiger partial charge is 0.478 e. The summed E-state index contributed by atoms with van der Waals surface area (Å²) in [7, 11) is 0. The highest BCUT2D eigenvalue weighted by atomic mass is 16.4. The van der Waals surface area contributed by atoms with E-state index in [1.165, 1.54) is 50.6 Å². The van der Waals surface area contributed by atoms with Crippen molar-refractivity contribution >= 4 is 18.0 Å². The fourth-order valence-corrected chi connectivity index (χ4v) is 2.57. The van der Waals surface area contributed by atoms with Crippen LogP contribution in [0.3, 0.4) is 0 Å². The molecule has 1 aliphatic carbocycles. The van der Waals surface area contributed by atoms with Gasteiger partial charge in [0.05, 0.1) is 5.56 Å². The van der Waals surface area contributed by atoms with Crippen LogP contribution in [0, 0.1) is 5.92 Å². The number of hydrogen-bond donors (Lipinski definition) is 2. The first-order chi connectivity index (χ1) is 10.1. The Labute approximate surface area is 124 Å². The minimum Gasteiger partial charge on any atom is -0.478 e. The molecule has 0 unspecified atom stereocenters. The molecule has 0 aromatic carbocycles. The third-order valence-corrected chi connectivity index (χ3v) is 3.72. The Morgan fingerprint density at radius 1 is 1.29 bits per heavy atom. The number of hydrogen-bond acceptors (Lipinski definition) is 3. The van der Waals surface area contributed by atoms with Gasteiger partial charge in [0.1, 0.15) is 0 Å². The molecule has 0 bridgehead atoms. The topological polar surface area (TPSA) is 79.3 Å². The minimum absolute atomic E-state index is 0.154. The van der Waals surface area contributed by atoms with Crippen LogP contribution in [0.5, 0.6) is 0 Å². The van der Waals surface area contributed by atoms with Crippen LogP contribution in [0.15, 0.2) is 24.5 Å². The summed E-state index contributed by atoms with van der Waals surface area (Å²) in [6, 6.07) is 1.64. The van der Waals surface area contributed by atoms with Crippen molar-refractivity contribution in [3.8, 4) is 0 Å². The predicted molar refractivity (Wildman–Crippen MR) is 79.8 cm³/mol. The number of aliphatic carboxylic acids is 1. The summed E-state index contributed by atoms with van der Waals surface area (Å²) in [5.41, 5.74) is 1.06. The fourth-order valence-electron chi connectivity index (χ4n) is 2.57. The molecule has 1 heterocycles. The second-order valence-electron chi connectivity index (χ2n) is 5.39. The summed E-state index contributed by atoms with van der Waals surface area (Å²) in [5.74, 6) is -0.605. The highest BCUT2D eigenvalue weighted by Gasteiger charge is 2.15. The van der Waals surface area contributed by atoms with Crippen molar-refractivity contribution in [1.82, 2.24) is 10.3 Å². The number of nitrogens with zero attached hydrogens (tertiary/aromatic N) is 1. The Balaban J connectivity index is 1.92.